The molecule has 0 bridgehead atoms. The minimum atomic E-state index is -0.856. The summed E-state index contributed by atoms with van der Waals surface area (Å²) in [5, 5.41) is 10.5. The highest BCUT2D eigenvalue weighted by atomic mass is 16.3. The maximum absolute atomic E-state index is 10.5. The summed E-state index contributed by atoms with van der Waals surface area (Å²) < 4.78 is 0. The molecule has 0 heterocycles. The van der Waals surface area contributed by atoms with Gasteiger partial charge in [-0.2, -0.15) is 0 Å². The number of hydrogen-bond acceptors (Lipinski definition) is 3. The van der Waals surface area contributed by atoms with Crippen LogP contribution in [0, 0.1) is 0 Å². The zero-order valence-corrected chi connectivity index (χ0v) is 15.1. The van der Waals surface area contributed by atoms with Gasteiger partial charge in [-0.25, -0.2) is 0 Å². The summed E-state index contributed by atoms with van der Waals surface area (Å²) in [6.07, 6.45) is 0.820. The third kappa shape index (κ3) is 4.26. The molecule has 3 heteroatoms. The van der Waals surface area contributed by atoms with E-state index in [2.05, 4.69) is 52.3 Å². The summed E-state index contributed by atoms with van der Waals surface area (Å²) in [4.78, 5) is 4.16. The average Bonchev–Trinajstić information content (AvgIpc) is 2.46. The number of benzene rings is 2. The topological polar surface area (TPSA) is 26.7 Å². The van der Waals surface area contributed by atoms with Crippen molar-refractivity contribution in [3.8, 4) is 0 Å². The van der Waals surface area contributed by atoms with Crippen LogP contribution in [0.15, 0.2) is 42.5 Å². The fraction of sp³-hybridized carbons (Fsp3) is 0.400. The molecule has 124 valence electrons. The van der Waals surface area contributed by atoms with Crippen molar-refractivity contribution >= 4 is 11.4 Å². The Hall–Kier alpha value is -2.00. The number of anilines is 2. The van der Waals surface area contributed by atoms with Crippen molar-refractivity contribution in [3.63, 3.8) is 0 Å². The molecule has 0 fully saturated rings. The van der Waals surface area contributed by atoms with E-state index in [-0.39, 0.29) is 0 Å². The van der Waals surface area contributed by atoms with Gasteiger partial charge < -0.3 is 14.9 Å². The van der Waals surface area contributed by atoms with E-state index in [1.165, 1.54) is 16.8 Å². The SMILES string of the molecule is CN(C)c1ccc(Cc2ccc(N(C)C)cc2C(C)(C)O)cc1. The molecule has 0 saturated heterocycles. The highest BCUT2D eigenvalue weighted by Crippen LogP contribution is 2.29. The quantitative estimate of drug-likeness (QED) is 0.913. The minimum Gasteiger partial charge on any atom is -0.386 e. The molecule has 23 heavy (non-hydrogen) atoms. The first-order chi connectivity index (χ1) is 10.7. The van der Waals surface area contributed by atoms with Gasteiger partial charge in [-0.05, 0) is 61.2 Å². The Bertz CT molecular complexity index is 652. The number of hydrogen-bond donors (Lipinski definition) is 1. The van der Waals surface area contributed by atoms with Gasteiger partial charge in [0, 0.05) is 39.6 Å². The highest BCUT2D eigenvalue weighted by molar-refractivity contribution is 5.53. The Balaban J connectivity index is 2.35. The van der Waals surface area contributed by atoms with Crippen molar-refractivity contribution in [1.82, 2.24) is 0 Å². The van der Waals surface area contributed by atoms with Crippen molar-refractivity contribution < 1.29 is 5.11 Å². The summed E-state index contributed by atoms with van der Waals surface area (Å²) in [6, 6.07) is 14.9. The van der Waals surface area contributed by atoms with E-state index in [0.29, 0.717) is 0 Å². The maximum Gasteiger partial charge on any atom is 0.0844 e. The molecule has 0 atom stereocenters. The summed E-state index contributed by atoms with van der Waals surface area (Å²) >= 11 is 0. The van der Waals surface area contributed by atoms with Gasteiger partial charge in [0.1, 0.15) is 0 Å². The van der Waals surface area contributed by atoms with Gasteiger partial charge in [0.25, 0.3) is 0 Å². The second-order valence-electron chi connectivity index (χ2n) is 7.03. The Kier molecular flexibility index (Phi) is 5.00. The van der Waals surface area contributed by atoms with Crippen LogP contribution in [-0.2, 0) is 12.0 Å². The molecular formula is C20H28N2O. The van der Waals surface area contributed by atoms with Gasteiger partial charge >= 0.3 is 0 Å². The van der Waals surface area contributed by atoms with Crippen molar-refractivity contribution in [2.75, 3.05) is 38.0 Å². The Morgan fingerprint density at radius 2 is 1.35 bits per heavy atom. The lowest BCUT2D eigenvalue weighted by Crippen LogP contribution is -2.20. The fourth-order valence-corrected chi connectivity index (χ4v) is 2.70. The van der Waals surface area contributed by atoms with Gasteiger partial charge in [-0.15, -0.1) is 0 Å². The molecule has 0 aromatic heterocycles. The first-order valence-electron chi connectivity index (χ1n) is 7.98. The number of aliphatic hydroxyl groups is 1. The molecule has 0 unspecified atom stereocenters. The zero-order chi connectivity index (χ0) is 17.2. The standard InChI is InChI=1S/C20H28N2O/c1-20(2,23)19-14-18(22(5)6)12-9-16(19)13-15-7-10-17(11-8-15)21(3)4/h7-12,14,23H,13H2,1-6H3. The van der Waals surface area contributed by atoms with Crippen molar-refractivity contribution in [2.45, 2.75) is 25.9 Å². The van der Waals surface area contributed by atoms with Crippen LogP contribution in [-0.4, -0.2) is 33.3 Å². The van der Waals surface area contributed by atoms with Gasteiger partial charge in [-0.1, -0.05) is 18.2 Å². The van der Waals surface area contributed by atoms with Gasteiger partial charge in [0.05, 0.1) is 5.60 Å². The second-order valence-corrected chi connectivity index (χ2v) is 7.03. The zero-order valence-electron chi connectivity index (χ0n) is 15.1. The predicted octanol–water partition coefficient (Wildman–Crippen LogP) is 3.64. The molecule has 0 aliphatic rings. The Morgan fingerprint density at radius 1 is 0.826 bits per heavy atom. The van der Waals surface area contributed by atoms with Crippen LogP contribution in [0.1, 0.15) is 30.5 Å². The molecule has 0 saturated carbocycles. The monoisotopic (exact) mass is 312 g/mol. The van der Waals surface area contributed by atoms with E-state index in [0.717, 1.165) is 17.7 Å². The average molecular weight is 312 g/mol. The van der Waals surface area contributed by atoms with E-state index in [9.17, 15) is 5.11 Å². The summed E-state index contributed by atoms with van der Waals surface area (Å²) in [6.45, 7) is 3.70. The maximum atomic E-state index is 10.5. The van der Waals surface area contributed by atoms with Crippen LogP contribution < -0.4 is 9.80 Å². The van der Waals surface area contributed by atoms with Crippen molar-refractivity contribution in [2.24, 2.45) is 0 Å². The lowest BCUT2D eigenvalue weighted by atomic mass is 9.89. The van der Waals surface area contributed by atoms with Gasteiger partial charge in [0.2, 0.25) is 0 Å². The molecule has 0 amide bonds. The lowest BCUT2D eigenvalue weighted by Gasteiger charge is -2.25. The normalized spacial score (nSPS) is 11.4. The minimum absolute atomic E-state index is 0.820. The van der Waals surface area contributed by atoms with Crippen LogP contribution in [0.2, 0.25) is 0 Å². The van der Waals surface area contributed by atoms with Crippen molar-refractivity contribution in [1.29, 1.82) is 0 Å². The van der Waals surface area contributed by atoms with E-state index in [4.69, 9.17) is 0 Å². The molecular weight excluding hydrogens is 284 g/mol. The molecule has 2 rings (SSSR count). The van der Waals surface area contributed by atoms with E-state index >= 15 is 0 Å². The van der Waals surface area contributed by atoms with Crippen LogP contribution in [0.3, 0.4) is 0 Å². The van der Waals surface area contributed by atoms with Crippen LogP contribution in [0.4, 0.5) is 11.4 Å². The first kappa shape index (κ1) is 17.4. The van der Waals surface area contributed by atoms with Gasteiger partial charge in [0.15, 0.2) is 0 Å². The van der Waals surface area contributed by atoms with Crippen LogP contribution in [0.5, 0.6) is 0 Å². The van der Waals surface area contributed by atoms with E-state index < -0.39 is 5.60 Å². The van der Waals surface area contributed by atoms with E-state index in [1.54, 1.807) is 0 Å². The summed E-state index contributed by atoms with van der Waals surface area (Å²) in [5.74, 6) is 0. The first-order valence-corrected chi connectivity index (χ1v) is 7.98. The third-order valence-electron chi connectivity index (χ3n) is 4.12. The second kappa shape index (κ2) is 6.63. The molecule has 2 aromatic rings. The molecule has 2 aromatic carbocycles. The van der Waals surface area contributed by atoms with Crippen LogP contribution in [0.25, 0.3) is 0 Å². The summed E-state index contributed by atoms with van der Waals surface area (Å²) in [5.41, 5.74) is 4.85. The fourth-order valence-electron chi connectivity index (χ4n) is 2.70. The highest BCUT2D eigenvalue weighted by Gasteiger charge is 2.21. The molecule has 0 spiro atoms. The van der Waals surface area contributed by atoms with Crippen LogP contribution >= 0.6 is 0 Å². The number of rotatable bonds is 5. The van der Waals surface area contributed by atoms with E-state index in [1.807, 2.05) is 42.0 Å². The predicted molar refractivity (Wildman–Crippen MR) is 99.6 cm³/mol. The van der Waals surface area contributed by atoms with Gasteiger partial charge in [-0.3, -0.25) is 0 Å². The largest absolute Gasteiger partial charge is 0.386 e. The molecule has 3 nitrogen and oxygen atoms in total. The Labute approximate surface area is 140 Å². The number of nitrogens with zero attached hydrogens (tertiary/aromatic N) is 2. The molecule has 0 aliphatic carbocycles. The molecule has 0 radical (unpaired) electrons. The smallest absolute Gasteiger partial charge is 0.0844 e. The third-order valence-corrected chi connectivity index (χ3v) is 4.12. The molecule has 1 N–H and O–H groups in total. The molecule has 0 aliphatic heterocycles. The Morgan fingerprint density at radius 3 is 1.83 bits per heavy atom. The summed E-state index contributed by atoms with van der Waals surface area (Å²) in [7, 11) is 8.12. The van der Waals surface area contributed by atoms with Crippen molar-refractivity contribution in [3.05, 3.63) is 59.2 Å². The lowest BCUT2D eigenvalue weighted by molar-refractivity contribution is 0.0778.